The minimum atomic E-state index is -3.94. The molecule has 0 radical (unpaired) electrons. The van der Waals surface area contributed by atoms with Crippen LogP contribution >= 0.6 is 11.6 Å². The monoisotopic (exact) mass is 324 g/mol. The normalized spacial score (nSPS) is 11.0. The number of sulfonamides is 1. The van der Waals surface area contributed by atoms with Gasteiger partial charge in [0.2, 0.25) is 0 Å². The molecular formula is C14H10ClFN2O2S. The van der Waals surface area contributed by atoms with E-state index in [1.54, 1.807) is 6.92 Å². The van der Waals surface area contributed by atoms with E-state index in [2.05, 4.69) is 4.72 Å². The highest BCUT2D eigenvalue weighted by molar-refractivity contribution is 7.92. The maximum absolute atomic E-state index is 13.2. The highest BCUT2D eigenvalue weighted by atomic mass is 35.5. The van der Waals surface area contributed by atoms with Gasteiger partial charge >= 0.3 is 0 Å². The van der Waals surface area contributed by atoms with E-state index in [0.29, 0.717) is 5.56 Å². The molecule has 0 amide bonds. The third kappa shape index (κ3) is 3.51. The van der Waals surface area contributed by atoms with E-state index >= 15 is 0 Å². The van der Waals surface area contributed by atoms with E-state index in [4.69, 9.17) is 16.9 Å². The summed E-state index contributed by atoms with van der Waals surface area (Å²) in [5.41, 5.74) is 0.712. The molecule has 2 rings (SSSR count). The van der Waals surface area contributed by atoms with Crippen LogP contribution in [-0.2, 0) is 10.0 Å². The van der Waals surface area contributed by atoms with Gasteiger partial charge in [-0.15, -0.1) is 0 Å². The van der Waals surface area contributed by atoms with E-state index in [1.807, 2.05) is 6.07 Å². The summed E-state index contributed by atoms with van der Waals surface area (Å²) in [5, 5.41) is 8.93. The van der Waals surface area contributed by atoms with Crippen molar-refractivity contribution in [2.45, 2.75) is 11.8 Å². The molecule has 0 unspecified atom stereocenters. The average molecular weight is 325 g/mol. The third-order valence-electron chi connectivity index (χ3n) is 2.72. The van der Waals surface area contributed by atoms with E-state index in [0.717, 1.165) is 12.1 Å². The number of aryl methyl sites for hydroxylation is 1. The Labute approximate surface area is 126 Å². The minimum absolute atomic E-state index is 0.0155. The van der Waals surface area contributed by atoms with Gasteiger partial charge in [0.15, 0.2) is 0 Å². The molecule has 0 aliphatic rings. The Kier molecular flexibility index (Phi) is 4.16. The molecule has 108 valence electrons. The van der Waals surface area contributed by atoms with Crippen molar-refractivity contribution in [2.24, 2.45) is 0 Å². The van der Waals surface area contributed by atoms with Crippen LogP contribution in [0.2, 0.25) is 5.02 Å². The Morgan fingerprint density at radius 1 is 1.24 bits per heavy atom. The number of hydrogen-bond acceptors (Lipinski definition) is 3. The van der Waals surface area contributed by atoms with Crippen molar-refractivity contribution in [3.05, 3.63) is 58.4 Å². The van der Waals surface area contributed by atoms with Gasteiger partial charge in [-0.2, -0.15) is 5.26 Å². The number of benzene rings is 2. The van der Waals surface area contributed by atoms with E-state index in [9.17, 15) is 12.8 Å². The molecule has 0 saturated heterocycles. The van der Waals surface area contributed by atoms with Crippen molar-refractivity contribution >= 4 is 27.3 Å². The van der Waals surface area contributed by atoms with Gasteiger partial charge in [-0.05, 0) is 42.8 Å². The van der Waals surface area contributed by atoms with Crippen LogP contribution in [0.3, 0.4) is 0 Å². The van der Waals surface area contributed by atoms with Gasteiger partial charge in [-0.1, -0.05) is 17.7 Å². The second kappa shape index (κ2) is 5.72. The lowest BCUT2D eigenvalue weighted by atomic mass is 10.2. The SMILES string of the molecule is Cc1ccc(C#N)cc1S(=O)(=O)Nc1cc(F)cc(Cl)c1. The summed E-state index contributed by atoms with van der Waals surface area (Å²) in [5.74, 6) is -0.650. The van der Waals surface area contributed by atoms with Crippen LogP contribution in [0.5, 0.6) is 0 Å². The Morgan fingerprint density at radius 2 is 1.95 bits per heavy atom. The summed E-state index contributed by atoms with van der Waals surface area (Å²) in [6.45, 7) is 1.61. The first-order chi connectivity index (χ1) is 9.81. The lowest BCUT2D eigenvalue weighted by molar-refractivity contribution is 0.600. The lowest BCUT2D eigenvalue weighted by Crippen LogP contribution is -2.14. The van der Waals surface area contributed by atoms with Gasteiger partial charge in [-0.25, -0.2) is 12.8 Å². The van der Waals surface area contributed by atoms with Crippen LogP contribution in [0.1, 0.15) is 11.1 Å². The standard InChI is InChI=1S/C14H10ClFN2O2S/c1-9-2-3-10(8-17)4-14(9)21(19,20)18-13-6-11(15)5-12(16)7-13/h2-7,18H,1H3. The summed E-state index contributed by atoms with van der Waals surface area (Å²) < 4.78 is 40.1. The number of nitrogens with one attached hydrogen (secondary N) is 1. The minimum Gasteiger partial charge on any atom is -0.279 e. The molecular weight excluding hydrogens is 315 g/mol. The molecule has 0 spiro atoms. The molecule has 7 heteroatoms. The molecule has 2 aromatic carbocycles. The van der Waals surface area contributed by atoms with E-state index in [1.165, 1.54) is 24.3 Å². The molecule has 0 heterocycles. The van der Waals surface area contributed by atoms with Gasteiger partial charge in [-0.3, -0.25) is 4.72 Å². The van der Waals surface area contributed by atoms with Crippen molar-refractivity contribution in [3.63, 3.8) is 0 Å². The molecule has 0 atom stereocenters. The van der Waals surface area contributed by atoms with E-state index in [-0.39, 0.29) is 21.2 Å². The topological polar surface area (TPSA) is 70.0 Å². The fourth-order valence-corrected chi connectivity index (χ4v) is 3.32. The maximum atomic E-state index is 13.2. The number of hydrogen-bond donors (Lipinski definition) is 1. The zero-order valence-electron chi connectivity index (χ0n) is 10.9. The van der Waals surface area contributed by atoms with Gasteiger partial charge in [0.1, 0.15) is 5.82 Å². The Hall–Kier alpha value is -2.10. The molecule has 0 aliphatic heterocycles. The number of halogens is 2. The first kappa shape index (κ1) is 15.3. The first-order valence-electron chi connectivity index (χ1n) is 5.81. The van der Waals surface area contributed by atoms with Crippen molar-refractivity contribution < 1.29 is 12.8 Å². The molecule has 0 aliphatic carbocycles. The van der Waals surface area contributed by atoms with Crippen LogP contribution in [0.25, 0.3) is 0 Å². The molecule has 1 N–H and O–H groups in total. The molecule has 4 nitrogen and oxygen atoms in total. The van der Waals surface area contributed by atoms with Crippen molar-refractivity contribution in [3.8, 4) is 6.07 Å². The molecule has 0 bridgehead atoms. The molecule has 0 saturated carbocycles. The van der Waals surface area contributed by atoms with Crippen LogP contribution < -0.4 is 4.72 Å². The van der Waals surface area contributed by atoms with Gasteiger partial charge in [0.05, 0.1) is 22.2 Å². The maximum Gasteiger partial charge on any atom is 0.262 e. The van der Waals surface area contributed by atoms with Gasteiger partial charge in [0.25, 0.3) is 10.0 Å². The fraction of sp³-hybridized carbons (Fsp3) is 0.0714. The van der Waals surface area contributed by atoms with Crippen LogP contribution in [0, 0.1) is 24.1 Å². The molecule has 2 aromatic rings. The summed E-state index contributed by atoms with van der Waals surface area (Å²) >= 11 is 5.69. The van der Waals surface area contributed by atoms with Crippen LogP contribution in [-0.4, -0.2) is 8.42 Å². The summed E-state index contributed by atoms with van der Waals surface area (Å²) in [7, 11) is -3.94. The Bertz CT molecular complexity index is 824. The summed E-state index contributed by atoms with van der Waals surface area (Å²) in [6, 6.07) is 9.58. The lowest BCUT2D eigenvalue weighted by Gasteiger charge is -2.11. The zero-order chi connectivity index (χ0) is 15.6. The zero-order valence-corrected chi connectivity index (χ0v) is 12.5. The van der Waals surface area contributed by atoms with Crippen LogP contribution in [0.4, 0.5) is 10.1 Å². The highest BCUT2D eigenvalue weighted by Crippen LogP contribution is 2.23. The highest BCUT2D eigenvalue weighted by Gasteiger charge is 2.18. The van der Waals surface area contributed by atoms with Gasteiger partial charge < -0.3 is 0 Å². The largest absolute Gasteiger partial charge is 0.279 e. The van der Waals surface area contributed by atoms with Crippen molar-refractivity contribution in [2.75, 3.05) is 4.72 Å². The quantitative estimate of drug-likeness (QED) is 0.940. The summed E-state index contributed by atoms with van der Waals surface area (Å²) in [6.07, 6.45) is 0. The first-order valence-corrected chi connectivity index (χ1v) is 7.67. The molecule has 0 fully saturated rings. The fourth-order valence-electron chi connectivity index (χ4n) is 1.78. The molecule has 21 heavy (non-hydrogen) atoms. The number of nitriles is 1. The number of nitrogens with zero attached hydrogens (tertiary/aromatic N) is 1. The third-order valence-corrected chi connectivity index (χ3v) is 4.46. The number of rotatable bonds is 3. The van der Waals surface area contributed by atoms with Crippen molar-refractivity contribution in [1.82, 2.24) is 0 Å². The van der Waals surface area contributed by atoms with E-state index < -0.39 is 15.8 Å². The predicted molar refractivity (Wildman–Crippen MR) is 78.1 cm³/mol. The van der Waals surface area contributed by atoms with Crippen molar-refractivity contribution in [1.29, 1.82) is 5.26 Å². The predicted octanol–water partition coefficient (Wildman–Crippen LogP) is 3.46. The summed E-state index contributed by atoms with van der Waals surface area (Å²) in [4.78, 5) is -0.0399. The smallest absolute Gasteiger partial charge is 0.262 e. The van der Waals surface area contributed by atoms with Gasteiger partial charge in [0, 0.05) is 5.02 Å². The Balaban J connectivity index is 2.45. The molecule has 0 aromatic heterocycles. The average Bonchev–Trinajstić information content (AvgIpc) is 2.37. The second-order valence-electron chi connectivity index (χ2n) is 4.36. The number of anilines is 1. The Morgan fingerprint density at radius 3 is 2.57 bits per heavy atom. The van der Waals surface area contributed by atoms with Crippen LogP contribution in [0.15, 0.2) is 41.3 Å². The second-order valence-corrected chi connectivity index (χ2v) is 6.44.